The molecule has 0 fully saturated rings. The molecular formula is C14H18N2OS2. The summed E-state index contributed by atoms with van der Waals surface area (Å²) in [6, 6.07) is 8.41. The number of thiazole rings is 1. The highest BCUT2D eigenvalue weighted by Crippen LogP contribution is 2.29. The first kappa shape index (κ1) is 14.5. The van der Waals surface area contributed by atoms with E-state index in [-0.39, 0.29) is 0 Å². The lowest BCUT2D eigenvalue weighted by atomic mass is 10.2. The number of aromatic nitrogens is 1. The van der Waals surface area contributed by atoms with Crippen molar-refractivity contribution < 1.29 is 4.74 Å². The maximum Gasteiger partial charge on any atom is 0.104 e. The minimum atomic E-state index is 0.533. The smallest absolute Gasteiger partial charge is 0.104 e. The molecule has 102 valence electrons. The van der Waals surface area contributed by atoms with Gasteiger partial charge in [0.15, 0.2) is 0 Å². The molecule has 2 rings (SSSR count). The molecular weight excluding hydrogens is 276 g/mol. The molecule has 0 saturated heterocycles. The predicted octanol–water partition coefficient (Wildman–Crippen LogP) is 3.35. The van der Waals surface area contributed by atoms with Crippen LogP contribution in [0.15, 0.2) is 29.2 Å². The van der Waals surface area contributed by atoms with Gasteiger partial charge in [-0.25, -0.2) is 4.98 Å². The van der Waals surface area contributed by atoms with Crippen molar-refractivity contribution in [3.63, 3.8) is 0 Å². The van der Waals surface area contributed by atoms with Crippen LogP contribution in [0.3, 0.4) is 0 Å². The Balaban J connectivity index is 2.05. The van der Waals surface area contributed by atoms with Crippen LogP contribution in [0.1, 0.15) is 21.1 Å². The van der Waals surface area contributed by atoms with E-state index in [1.54, 1.807) is 18.4 Å². The maximum absolute atomic E-state index is 5.73. The molecule has 0 bridgehead atoms. The first-order valence-corrected chi connectivity index (χ1v) is 7.89. The monoisotopic (exact) mass is 294 g/mol. The van der Waals surface area contributed by atoms with Gasteiger partial charge in [-0.05, 0) is 18.6 Å². The van der Waals surface area contributed by atoms with Crippen molar-refractivity contribution >= 4 is 23.1 Å². The number of hydrogen-bond acceptors (Lipinski definition) is 5. The van der Waals surface area contributed by atoms with Gasteiger partial charge in [0, 0.05) is 23.4 Å². The number of aryl methyl sites for hydroxylation is 1. The molecule has 1 aromatic heterocycles. The van der Waals surface area contributed by atoms with E-state index in [0.717, 1.165) is 21.3 Å². The summed E-state index contributed by atoms with van der Waals surface area (Å²) in [7, 11) is 1.68. The van der Waals surface area contributed by atoms with Crippen molar-refractivity contribution in [2.24, 2.45) is 5.73 Å². The number of thioether (sulfide) groups is 1. The second-order valence-electron chi connectivity index (χ2n) is 4.17. The fourth-order valence-corrected chi connectivity index (χ4v) is 3.74. The molecule has 19 heavy (non-hydrogen) atoms. The van der Waals surface area contributed by atoms with E-state index in [0.29, 0.717) is 13.2 Å². The number of nitrogens with two attached hydrogens (primary N) is 1. The summed E-state index contributed by atoms with van der Waals surface area (Å²) in [6.45, 7) is 3.20. The van der Waals surface area contributed by atoms with E-state index in [2.05, 4.69) is 36.2 Å². The van der Waals surface area contributed by atoms with E-state index < -0.39 is 0 Å². The van der Waals surface area contributed by atoms with Crippen LogP contribution in [0, 0.1) is 6.92 Å². The molecule has 2 N–H and O–H groups in total. The fraction of sp³-hybridized carbons (Fsp3) is 0.357. The van der Waals surface area contributed by atoms with E-state index in [9.17, 15) is 0 Å². The SMILES string of the molecule is COCc1nc(CSc2ccccc2C)sc1CN. The van der Waals surface area contributed by atoms with Gasteiger partial charge in [0.25, 0.3) is 0 Å². The maximum atomic E-state index is 5.73. The Hall–Kier alpha value is -0.880. The molecule has 1 aromatic carbocycles. The average Bonchev–Trinajstić information content (AvgIpc) is 2.81. The van der Waals surface area contributed by atoms with Gasteiger partial charge in [-0.15, -0.1) is 23.1 Å². The van der Waals surface area contributed by atoms with Crippen LogP contribution in [0.5, 0.6) is 0 Å². The molecule has 0 atom stereocenters. The molecule has 2 aromatic rings. The molecule has 5 heteroatoms. The third kappa shape index (κ3) is 3.79. The van der Waals surface area contributed by atoms with Crippen LogP contribution in [-0.2, 0) is 23.6 Å². The minimum absolute atomic E-state index is 0.533. The van der Waals surface area contributed by atoms with Gasteiger partial charge < -0.3 is 10.5 Å². The van der Waals surface area contributed by atoms with Gasteiger partial charge in [-0.3, -0.25) is 0 Å². The zero-order valence-corrected chi connectivity index (χ0v) is 12.8. The van der Waals surface area contributed by atoms with Gasteiger partial charge in [0.2, 0.25) is 0 Å². The lowest BCUT2D eigenvalue weighted by Crippen LogP contribution is -1.99. The zero-order valence-electron chi connectivity index (χ0n) is 11.2. The number of nitrogens with zero attached hydrogens (tertiary/aromatic N) is 1. The summed E-state index contributed by atoms with van der Waals surface area (Å²) < 4.78 is 5.15. The van der Waals surface area contributed by atoms with Gasteiger partial charge in [0.05, 0.1) is 18.1 Å². The van der Waals surface area contributed by atoms with E-state index in [4.69, 9.17) is 10.5 Å². The molecule has 0 amide bonds. The molecule has 0 unspecified atom stereocenters. The highest BCUT2D eigenvalue weighted by Gasteiger charge is 2.10. The van der Waals surface area contributed by atoms with Crippen molar-refractivity contribution in [1.82, 2.24) is 4.98 Å². The number of benzene rings is 1. The Kier molecular flexibility index (Phi) is 5.39. The van der Waals surface area contributed by atoms with Gasteiger partial charge in [0.1, 0.15) is 5.01 Å². The number of rotatable bonds is 6. The minimum Gasteiger partial charge on any atom is -0.378 e. The summed E-state index contributed by atoms with van der Waals surface area (Å²) in [5, 5.41) is 1.11. The molecule has 1 heterocycles. The molecule has 0 saturated carbocycles. The second kappa shape index (κ2) is 7.05. The molecule has 0 radical (unpaired) electrons. The van der Waals surface area contributed by atoms with Crippen molar-refractivity contribution in [1.29, 1.82) is 0 Å². The number of hydrogen-bond donors (Lipinski definition) is 1. The van der Waals surface area contributed by atoms with Gasteiger partial charge in [-0.2, -0.15) is 0 Å². The first-order valence-electron chi connectivity index (χ1n) is 6.09. The summed E-state index contributed by atoms with van der Waals surface area (Å²) >= 11 is 3.50. The Bertz CT molecular complexity index is 540. The Morgan fingerprint density at radius 3 is 2.84 bits per heavy atom. The largest absolute Gasteiger partial charge is 0.378 e. The quantitative estimate of drug-likeness (QED) is 0.830. The lowest BCUT2D eigenvalue weighted by molar-refractivity contribution is 0.181. The number of methoxy groups -OCH3 is 1. The van der Waals surface area contributed by atoms with Crippen LogP contribution in [0.25, 0.3) is 0 Å². The van der Waals surface area contributed by atoms with Crippen molar-refractivity contribution in [3.8, 4) is 0 Å². The fourth-order valence-electron chi connectivity index (χ4n) is 1.77. The first-order chi connectivity index (χ1) is 9.24. The van der Waals surface area contributed by atoms with Crippen molar-refractivity contribution in [2.75, 3.05) is 7.11 Å². The normalized spacial score (nSPS) is 10.9. The molecule has 0 aliphatic heterocycles. The highest BCUT2D eigenvalue weighted by molar-refractivity contribution is 7.98. The Morgan fingerprint density at radius 2 is 2.16 bits per heavy atom. The van der Waals surface area contributed by atoms with Crippen LogP contribution in [-0.4, -0.2) is 12.1 Å². The van der Waals surface area contributed by atoms with Crippen molar-refractivity contribution in [3.05, 3.63) is 45.4 Å². The molecule has 3 nitrogen and oxygen atoms in total. The van der Waals surface area contributed by atoms with Gasteiger partial charge in [-0.1, -0.05) is 18.2 Å². The van der Waals surface area contributed by atoms with E-state index >= 15 is 0 Å². The third-order valence-electron chi connectivity index (χ3n) is 2.73. The molecule has 0 aliphatic carbocycles. The van der Waals surface area contributed by atoms with Crippen LogP contribution in [0.4, 0.5) is 0 Å². The summed E-state index contributed by atoms with van der Waals surface area (Å²) in [5.74, 6) is 0.881. The van der Waals surface area contributed by atoms with E-state index in [1.807, 2.05) is 11.8 Å². The van der Waals surface area contributed by atoms with Crippen LogP contribution < -0.4 is 5.73 Å². The molecule has 0 spiro atoms. The summed E-state index contributed by atoms with van der Waals surface area (Å²) in [4.78, 5) is 7.04. The zero-order chi connectivity index (χ0) is 13.7. The Morgan fingerprint density at radius 1 is 1.37 bits per heavy atom. The second-order valence-corrected chi connectivity index (χ2v) is 6.35. The topological polar surface area (TPSA) is 48.1 Å². The lowest BCUT2D eigenvalue weighted by Gasteiger charge is -2.02. The van der Waals surface area contributed by atoms with Crippen LogP contribution >= 0.6 is 23.1 Å². The van der Waals surface area contributed by atoms with E-state index in [1.165, 1.54) is 10.5 Å². The standard InChI is InChI=1S/C14H18N2OS2/c1-10-5-3-4-6-12(10)18-9-14-16-11(8-17-2)13(7-15)19-14/h3-6H,7-9,15H2,1-2H3. The Labute approximate surface area is 122 Å². The number of ether oxygens (including phenoxy) is 1. The highest BCUT2D eigenvalue weighted by atomic mass is 32.2. The summed E-state index contributed by atoms with van der Waals surface area (Å²) in [6.07, 6.45) is 0. The molecule has 0 aliphatic rings. The van der Waals surface area contributed by atoms with Crippen LogP contribution in [0.2, 0.25) is 0 Å². The summed E-state index contributed by atoms with van der Waals surface area (Å²) in [5.41, 5.74) is 8.02. The van der Waals surface area contributed by atoms with Gasteiger partial charge >= 0.3 is 0 Å². The average molecular weight is 294 g/mol. The predicted molar refractivity (Wildman–Crippen MR) is 81.5 cm³/mol. The van der Waals surface area contributed by atoms with Crippen molar-refractivity contribution in [2.45, 2.75) is 30.7 Å². The third-order valence-corrected chi connectivity index (χ3v) is 5.22.